The Labute approximate surface area is 288 Å². The Hall–Kier alpha value is -5.15. The number of nitrogens with zero attached hydrogens (tertiary/aromatic N) is 1. The molecule has 0 aliphatic carbocycles. The van der Waals surface area contributed by atoms with Crippen molar-refractivity contribution >= 4 is 18.0 Å². The summed E-state index contributed by atoms with van der Waals surface area (Å²) in [6.45, 7) is 0.401. The van der Waals surface area contributed by atoms with Crippen LogP contribution in [0.25, 0.3) is 0 Å². The SMILES string of the molecule is COC(CCCc1ccccc1)c1cccc(Oc2ccccc2)c1.COc1cc(C(=O)C(=O)N2CCCCC2C=O)cc(OC)c1OC. The molecule has 1 saturated heterocycles. The van der Waals surface area contributed by atoms with E-state index >= 15 is 0 Å². The van der Waals surface area contributed by atoms with Crippen LogP contribution in [0.4, 0.5) is 0 Å². The highest BCUT2D eigenvalue weighted by molar-refractivity contribution is 6.43. The molecule has 2 unspecified atom stereocenters. The molecule has 1 heterocycles. The van der Waals surface area contributed by atoms with Crippen molar-refractivity contribution in [2.45, 2.75) is 50.7 Å². The van der Waals surface area contributed by atoms with Crippen LogP contribution in [0.15, 0.2) is 97.1 Å². The lowest BCUT2D eigenvalue weighted by atomic mass is 10.0. The van der Waals surface area contributed by atoms with Gasteiger partial charge in [-0.3, -0.25) is 9.59 Å². The van der Waals surface area contributed by atoms with Gasteiger partial charge in [0.05, 0.1) is 33.5 Å². The Morgan fingerprint density at radius 2 is 1.45 bits per heavy atom. The number of Topliss-reactive ketones (excluding diaryl/α,β-unsaturated/α-hetero) is 1. The van der Waals surface area contributed by atoms with Gasteiger partial charge in [0.1, 0.15) is 17.8 Å². The van der Waals surface area contributed by atoms with E-state index in [1.165, 1.54) is 43.9 Å². The fraction of sp³-hybridized carbons (Fsp3) is 0.325. The van der Waals surface area contributed by atoms with Gasteiger partial charge in [-0.15, -0.1) is 0 Å². The lowest BCUT2D eigenvalue weighted by molar-refractivity contribution is -0.133. The number of aryl methyl sites for hydroxylation is 1. The average Bonchev–Trinajstić information content (AvgIpc) is 3.16. The predicted molar refractivity (Wildman–Crippen MR) is 188 cm³/mol. The van der Waals surface area contributed by atoms with Crippen LogP contribution in [-0.2, 0) is 20.7 Å². The fourth-order valence-electron chi connectivity index (χ4n) is 5.78. The van der Waals surface area contributed by atoms with Crippen LogP contribution in [0.5, 0.6) is 28.7 Å². The number of rotatable bonds is 14. The summed E-state index contributed by atoms with van der Waals surface area (Å²) in [4.78, 5) is 37.6. The molecule has 9 heteroatoms. The van der Waals surface area contributed by atoms with Crippen molar-refractivity contribution in [3.05, 3.63) is 114 Å². The third-order valence-electron chi connectivity index (χ3n) is 8.36. The summed E-state index contributed by atoms with van der Waals surface area (Å²) in [6.07, 6.45) is 6.18. The molecular formula is C40H45NO8. The van der Waals surface area contributed by atoms with E-state index in [1.807, 2.05) is 42.5 Å². The van der Waals surface area contributed by atoms with E-state index in [1.54, 1.807) is 7.11 Å². The zero-order valence-electron chi connectivity index (χ0n) is 28.6. The number of carbonyl (C=O) groups is 3. The van der Waals surface area contributed by atoms with Gasteiger partial charge in [-0.05, 0) is 86.1 Å². The normalized spacial score (nSPS) is 14.4. The lowest BCUT2D eigenvalue weighted by Gasteiger charge is -2.31. The van der Waals surface area contributed by atoms with Crippen LogP contribution in [0, 0.1) is 0 Å². The summed E-state index contributed by atoms with van der Waals surface area (Å²) < 4.78 is 27.3. The maximum atomic E-state index is 12.6. The zero-order valence-corrected chi connectivity index (χ0v) is 28.6. The molecule has 4 aromatic rings. The van der Waals surface area contributed by atoms with E-state index in [0.717, 1.165) is 55.5 Å². The molecule has 4 aromatic carbocycles. The third kappa shape index (κ3) is 10.2. The van der Waals surface area contributed by atoms with Crippen molar-refractivity contribution in [1.29, 1.82) is 0 Å². The monoisotopic (exact) mass is 667 g/mol. The number of amides is 1. The maximum absolute atomic E-state index is 12.6. The van der Waals surface area contributed by atoms with Crippen LogP contribution < -0.4 is 18.9 Å². The second kappa shape index (κ2) is 19.0. The van der Waals surface area contributed by atoms with Crippen molar-refractivity contribution in [2.75, 3.05) is 35.0 Å². The Bertz CT molecular complexity index is 1620. The Balaban J connectivity index is 0.000000221. The van der Waals surface area contributed by atoms with E-state index in [4.69, 9.17) is 23.7 Å². The minimum atomic E-state index is -0.706. The minimum Gasteiger partial charge on any atom is -0.493 e. The number of ketones is 1. The number of ether oxygens (including phenoxy) is 5. The number of piperidine rings is 1. The van der Waals surface area contributed by atoms with Crippen LogP contribution in [0.2, 0.25) is 0 Å². The molecule has 9 nitrogen and oxygen atoms in total. The molecule has 1 aliphatic heterocycles. The van der Waals surface area contributed by atoms with Gasteiger partial charge in [-0.1, -0.05) is 60.7 Å². The van der Waals surface area contributed by atoms with Crippen molar-refractivity contribution in [3.8, 4) is 28.7 Å². The number of benzene rings is 4. The first-order valence-corrected chi connectivity index (χ1v) is 16.4. The molecule has 1 fully saturated rings. The van der Waals surface area contributed by atoms with Gasteiger partial charge in [0, 0.05) is 19.2 Å². The van der Waals surface area contributed by atoms with Crippen molar-refractivity contribution in [1.82, 2.24) is 4.90 Å². The van der Waals surface area contributed by atoms with Crippen LogP contribution in [0.3, 0.4) is 0 Å². The van der Waals surface area contributed by atoms with Crippen LogP contribution in [-0.4, -0.2) is 63.9 Å². The van der Waals surface area contributed by atoms with Gasteiger partial charge < -0.3 is 33.4 Å². The van der Waals surface area contributed by atoms with Gasteiger partial charge in [0.25, 0.3) is 11.7 Å². The second-order valence-corrected chi connectivity index (χ2v) is 11.5. The van der Waals surface area contributed by atoms with E-state index in [2.05, 4.69) is 42.5 Å². The molecule has 0 aromatic heterocycles. The van der Waals surface area contributed by atoms with Gasteiger partial charge in [-0.25, -0.2) is 0 Å². The highest BCUT2D eigenvalue weighted by Crippen LogP contribution is 2.38. The second-order valence-electron chi connectivity index (χ2n) is 11.5. The molecule has 0 saturated carbocycles. The van der Waals surface area contributed by atoms with Gasteiger partial charge >= 0.3 is 0 Å². The van der Waals surface area contributed by atoms with Crippen molar-refractivity contribution in [3.63, 3.8) is 0 Å². The quantitative estimate of drug-likeness (QED) is 0.0768. The molecule has 258 valence electrons. The summed E-state index contributed by atoms with van der Waals surface area (Å²) in [5.74, 6) is 1.21. The Morgan fingerprint density at radius 3 is 2.06 bits per heavy atom. The first kappa shape index (κ1) is 36.7. The number of hydrogen-bond acceptors (Lipinski definition) is 8. The third-order valence-corrected chi connectivity index (χ3v) is 8.36. The lowest BCUT2D eigenvalue weighted by Crippen LogP contribution is -2.47. The number of hydrogen-bond donors (Lipinski definition) is 0. The van der Waals surface area contributed by atoms with Gasteiger partial charge in [0.15, 0.2) is 11.5 Å². The number of carbonyl (C=O) groups excluding carboxylic acids is 3. The average molecular weight is 668 g/mol. The molecule has 0 spiro atoms. The molecule has 0 radical (unpaired) electrons. The van der Waals surface area contributed by atoms with E-state index in [-0.39, 0.29) is 11.7 Å². The molecular weight excluding hydrogens is 622 g/mol. The summed E-state index contributed by atoms with van der Waals surface area (Å²) in [5, 5.41) is 0. The molecule has 0 N–H and O–H groups in total. The summed E-state index contributed by atoms with van der Waals surface area (Å²) in [5.41, 5.74) is 2.66. The van der Waals surface area contributed by atoms with Crippen molar-refractivity contribution in [2.24, 2.45) is 0 Å². The molecule has 5 rings (SSSR count). The number of aldehydes is 1. The fourth-order valence-corrected chi connectivity index (χ4v) is 5.78. The first-order chi connectivity index (χ1) is 23.9. The Morgan fingerprint density at radius 1 is 0.796 bits per heavy atom. The van der Waals surface area contributed by atoms with E-state index < -0.39 is 17.7 Å². The summed E-state index contributed by atoms with van der Waals surface area (Å²) in [7, 11) is 6.09. The number of para-hydroxylation sites is 1. The zero-order chi connectivity index (χ0) is 35.0. The van der Waals surface area contributed by atoms with Crippen molar-refractivity contribution < 1.29 is 38.1 Å². The number of methoxy groups -OCH3 is 4. The van der Waals surface area contributed by atoms with Crippen LogP contribution in [0.1, 0.15) is 59.7 Å². The summed E-state index contributed by atoms with van der Waals surface area (Å²) >= 11 is 0. The van der Waals surface area contributed by atoms with Crippen LogP contribution >= 0.6 is 0 Å². The summed E-state index contributed by atoms with van der Waals surface area (Å²) in [6, 6.07) is 30.9. The molecule has 0 bridgehead atoms. The maximum Gasteiger partial charge on any atom is 0.295 e. The molecule has 49 heavy (non-hydrogen) atoms. The molecule has 1 aliphatic rings. The van der Waals surface area contributed by atoms with E-state index in [0.29, 0.717) is 30.2 Å². The first-order valence-electron chi connectivity index (χ1n) is 16.4. The van der Waals surface area contributed by atoms with Gasteiger partial charge in [-0.2, -0.15) is 0 Å². The smallest absolute Gasteiger partial charge is 0.295 e. The minimum absolute atomic E-state index is 0.0861. The van der Waals surface area contributed by atoms with E-state index in [9.17, 15) is 14.4 Å². The largest absolute Gasteiger partial charge is 0.493 e. The standard InChI is InChI=1S/C23H24O2.C17H21NO6/c1-24-23(17-8-12-19-10-4-2-5-11-19)20-13-9-16-22(18-20)25-21-14-6-3-7-15-21;1-22-13-8-11(9-14(23-2)16(13)24-3)15(20)17(21)18-7-5-4-6-12(18)10-19/h2-7,9-11,13-16,18,23H,8,12,17H2,1H3;8-10,12H,4-7H2,1-3H3. The molecule has 2 atom stereocenters. The number of likely N-dealkylation sites (tertiary alicyclic amines) is 1. The Kier molecular flexibility index (Phi) is 14.2. The molecule has 1 amide bonds. The highest BCUT2D eigenvalue weighted by atomic mass is 16.5. The predicted octanol–water partition coefficient (Wildman–Crippen LogP) is 7.66. The van der Waals surface area contributed by atoms with Gasteiger partial charge in [0.2, 0.25) is 5.75 Å². The highest BCUT2D eigenvalue weighted by Gasteiger charge is 2.32. The topological polar surface area (TPSA) is 101 Å².